The van der Waals surface area contributed by atoms with Crippen LogP contribution in [0.15, 0.2) is 6.07 Å². The van der Waals surface area contributed by atoms with Crippen LogP contribution in [0.25, 0.3) is 0 Å². The summed E-state index contributed by atoms with van der Waals surface area (Å²) >= 11 is 0. The molecule has 0 saturated heterocycles. The fourth-order valence-electron chi connectivity index (χ4n) is 2.96. The monoisotopic (exact) mass is 290 g/mol. The van der Waals surface area contributed by atoms with Gasteiger partial charge in [0, 0.05) is 26.3 Å². The van der Waals surface area contributed by atoms with Gasteiger partial charge < -0.3 is 15.4 Å². The third-order valence-corrected chi connectivity index (χ3v) is 4.44. The van der Waals surface area contributed by atoms with E-state index >= 15 is 0 Å². The minimum absolute atomic E-state index is 0.468. The van der Waals surface area contributed by atoms with Crippen LogP contribution in [0.5, 0.6) is 0 Å². The molecule has 0 radical (unpaired) electrons. The summed E-state index contributed by atoms with van der Waals surface area (Å²) in [5.74, 6) is 5.25. The van der Waals surface area contributed by atoms with E-state index in [-0.39, 0.29) is 0 Å². The van der Waals surface area contributed by atoms with Gasteiger partial charge in [-0.2, -0.15) is 0 Å². The van der Waals surface area contributed by atoms with Crippen molar-refractivity contribution in [1.29, 1.82) is 0 Å². The van der Waals surface area contributed by atoms with E-state index in [0.717, 1.165) is 41.8 Å². The third kappa shape index (κ3) is 4.06. The standard InChI is InChI=1S/C16H26N4O/c1-3-21-10-16-19-14(17-2)8-15(20-16)18-9-13(11-4-5-11)12-6-7-12/h8,11-13H,3-7,9-10H2,1-2H3,(H2,17,18,19,20). The van der Waals surface area contributed by atoms with Gasteiger partial charge in [-0.15, -0.1) is 0 Å². The Labute approximate surface area is 126 Å². The van der Waals surface area contributed by atoms with Crippen molar-refractivity contribution in [3.8, 4) is 0 Å². The van der Waals surface area contributed by atoms with Gasteiger partial charge in [-0.25, -0.2) is 9.97 Å². The van der Waals surface area contributed by atoms with Crippen LogP contribution in [-0.4, -0.2) is 30.2 Å². The average molecular weight is 290 g/mol. The molecular weight excluding hydrogens is 264 g/mol. The highest BCUT2D eigenvalue weighted by atomic mass is 16.5. The van der Waals surface area contributed by atoms with Crippen molar-refractivity contribution in [1.82, 2.24) is 9.97 Å². The Balaban J connectivity index is 1.62. The van der Waals surface area contributed by atoms with Crippen molar-refractivity contribution in [3.63, 3.8) is 0 Å². The van der Waals surface area contributed by atoms with Crippen molar-refractivity contribution >= 4 is 11.6 Å². The van der Waals surface area contributed by atoms with E-state index in [1.54, 1.807) is 0 Å². The lowest BCUT2D eigenvalue weighted by atomic mass is 9.98. The van der Waals surface area contributed by atoms with Crippen LogP contribution in [0.2, 0.25) is 0 Å². The second-order valence-electron chi connectivity index (χ2n) is 6.16. The van der Waals surface area contributed by atoms with E-state index in [1.807, 2.05) is 20.0 Å². The molecule has 0 unspecified atom stereocenters. The quantitative estimate of drug-likeness (QED) is 0.732. The molecule has 2 N–H and O–H groups in total. The van der Waals surface area contributed by atoms with Gasteiger partial charge in [-0.3, -0.25) is 0 Å². The van der Waals surface area contributed by atoms with Crippen LogP contribution in [-0.2, 0) is 11.3 Å². The molecule has 1 heterocycles. The first-order valence-corrected chi connectivity index (χ1v) is 8.17. The van der Waals surface area contributed by atoms with Gasteiger partial charge in [0.2, 0.25) is 0 Å². The van der Waals surface area contributed by atoms with Crippen LogP contribution in [0, 0.1) is 17.8 Å². The lowest BCUT2D eigenvalue weighted by Gasteiger charge is -2.17. The van der Waals surface area contributed by atoms with Crippen molar-refractivity contribution < 1.29 is 4.74 Å². The highest BCUT2D eigenvalue weighted by molar-refractivity contribution is 5.47. The summed E-state index contributed by atoms with van der Waals surface area (Å²) in [6, 6.07) is 1.98. The first-order valence-electron chi connectivity index (χ1n) is 8.17. The predicted octanol–water partition coefficient (Wildman–Crippen LogP) is 2.90. The lowest BCUT2D eigenvalue weighted by molar-refractivity contribution is 0.128. The van der Waals surface area contributed by atoms with E-state index in [4.69, 9.17) is 4.74 Å². The van der Waals surface area contributed by atoms with Gasteiger partial charge in [0.15, 0.2) is 5.82 Å². The maximum atomic E-state index is 5.42. The number of aromatic nitrogens is 2. The molecule has 2 aliphatic rings. The van der Waals surface area contributed by atoms with Crippen molar-refractivity contribution in [2.75, 3.05) is 30.8 Å². The third-order valence-electron chi connectivity index (χ3n) is 4.44. The fraction of sp³-hybridized carbons (Fsp3) is 0.750. The summed E-state index contributed by atoms with van der Waals surface area (Å²) in [6.45, 7) is 4.18. The molecule has 0 aliphatic heterocycles. The highest BCUT2D eigenvalue weighted by Gasteiger charge is 2.41. The zero-order valence-electron chi connectivity index (χ0n) is 13.1. The van der Waals surface area contributed by atoms with Crippen LogP contribution in [0.3, 0.4) is 0 Å². The Morgan fingerprint density at radius 3 is 2.43 bits per heavy atom. The minimum atomic E-state index is 0.468. The number of ether oxygens (including phenoxy) is 1. The molecule has 2 aliphatic carbocycles. The highest BCUT2D eigenvalue weighted by Crippen LogP contribution is 2.49. The normalized spacial score (nSPS) is 18.0. The smallest absolute Gasteiger partial charge is 0.158 e. The minimum Gasteiger partial charge on any atom is -0.374 e. The summed E-state index contributed by atoms with van der Waals surface area (Å²) in [4.78, 5) is 8.99. The van der Waals surface area contributed by atoms with Crippen LogP contribution >= 0.6 is 0 Å². The summed E-state index contributed by atoms with van der Waals surface area (Å²) in [7, 11) is 1.88. The molecule has 3 rings (SSSR count). The van der Waals surface area contributed by atoms with Crippen LogP contribution in [0.4, 0.5) is 11.6 Å². The lowest BCUT2D eigenvalue weighted by Crippen LogP contribution is -2.19. The first kappa shape index (κ1) is 14.6. The average Bonchev–Trinajstić information content (AvgIpc) is 3.37. The molecule has 0 bridgehead atoms. The van der Waals surface area contributed by atoms with Gasteiger partial charge in [-0.1, -0.05) is 0 Å². The van der Waals surface area contributed by atoms with E-state index in [9.17, 15) is 0 Å². The molecule has 116 valence electrons. The Morgan fingerprint density at radius 2 is 1.86 bits per heavy atom. The molecule has 5 nitrogen and oxygen atoms in total. The number of rotatable bonds is 9. The molecule has 2 saturated carbocycles. The summed E-state index contributed by atoms with van der Waals surface area (Å²) in [5, 5.41) is 6.63. The van der Waals surface area contributed by atoms with E-state index < -0.39 is 0 Å². The van der Waals surface area contributed by atoms with Gasteiger partial charge in [0.05, 0.1) is 0 Å². The number of anilines is 2. The molecule has 0 spiro atoms. The fourth-order valence-corrected chi connectivity index (χ4v) is 2.96. The maximum absolute atomic E-state index is 5.42. The number of hydrogen-bond donors (Lipinski definition) is 2. The molecule has 1 aromatic heterocycles. The Hall–Kier alpha value is -1.36. The van der Waals surface area contributed by atoms with E-state index in [1.165, 1.54) is 25.7 Å². The summed E-state index contributed by atoms with van der Waals surface area (Å²) in [6.07, 6.45) is 5.68. The zero-order chi connectivity index (χ0) is 14.7. The molecule has 0 amide bonds. The molecule has 0 atom stereocenters. The Morgan fingerprint density at radius 1 is 1.19 bits per heavy atom. The zero-order valence-corrected chi connectivity index (χ0v) is 13.1. The topological polar surface area (TPSA) is 59.1 Å². The Bertz CT molecular complexity index is 459. The summed E-state index contributed by atoms with van der Waals surface area (Å²) < 4.78 is 5.42. The largest absolute Gasteiger partial charge is 0.374 e. The molecule has 21 heavy (non-hydrogen) atoms. The van der Waals surface area contributed by atoms with Gasteiger partial charge >= 0.3 is 0 Å². The van der Waals surface area contributed by atoms with Gasteiger partial charge in [-0.05, 0) is 50.4 Å². The van der Waals surface area contributed by atoms with Crippen molar-refractivity contribution in [2.24, 2.45) is 17.8 Å². The maximum Gasteiger partial charge on any atom is 0.158 e. The number of hydrogen-bond acceptors (Lipinski definition) is 5. The van der Waals surface area contributed by atoms with Gasteiger partial charge in [0.25, 0.3) is 0 Å². The predicted molar refractivity (Wildman–Crippen MR) is 84.3 cm³/mol. The number of nitrogens with zero attached hydrogens (tertiary/aromatic N) is 2. The number of nitrogens with one attached hydrogen (secondary N) is 2. The Kier molecular flexibility index (Phi) is 4.58. The SMILES string of the molecule is CCOCc1nc(NC)cc(NCC(C2CC2)C2CC2)n1. The molecule has 5 heteroatoms. The van der Waals surface area contributed by atoms with Crippen molar-refractivity contribution in [3.05, 3.63) is 11.9 Å². The second-order valence-corrected chi connectivity index (χ2v) is 6.16. The second kappa shape index (κ2) is 6.60. The van der Waals surface area contributed by atoms with E-state index in [0.29, 0.717) is 13.2 Å². The summed E-state index contributed by atoms with van der Waals surface area (Å²) in [5.41, 5.74) is 0. The van der Waals surface area contributed by atoms with Gasteiger partial charge in [0.1, 0.15) is 18.2 Å². The van der Waals surface area contributed by atoms with Crippen molar-refractivity contribution in [2.45, 2.75) is 39.2 Å². The molecule has 2 fully saturated rings. The van der Waals surface area contributed by atoms with Crippen LogP contribution in [0.1, 0.15) is 38.4 Å². The van der Waals surface area contributed by atoms with E-state index in [2.05, 4.69) is 20.6 Å². The first-order chi connectivity index (χ1) is 10.3. The van der Waals surface area contributed by atoms with Crippen LogP contribution < -0.4 is 10.6 Å². The molecular formula is C16H26N4O. The molecule has 0 aromatic carbocycles. The molecule has 1 aromatic rings.